The second-order valence-corrected chi connectivity index (χ2v) is 5.10. The van der Waals surface area contributed by atoms with Crippen molar-refractivity contribution in [2.75, 3.05) is 5.32 Å². The SMILES string of the molecule is CCc1cc(C(=O)O)c(NC(=O)c2ccoc2C)s1. The molecule has 0 unspecified atom stereocenters. The van der Waals surface area contributed by atoms with Crippen LogP contribution in [0.1, 0.15) is 38.3 Å². The fraction of sp³-hybridized carbons (Fsp3) is 0.231. The first-order valence-corrected chi connectivity index (χ1v) is 6.56. The summed E-state index contributed by atoms with van der Waals surface area (Å²) in [6.07, 6.45) is 2.15. The van der Waals surface area contributed by atoms with Gasteiger partial charge in [-0.2, -0.15) is 0 Å². The Balaban J connectivity index is 2.28. The van der Waals surface area contributed by atoms with E-state index in [0.717, 1.165) is 11.3 Å². The molecule has 0 atom stereocenters. The molecule has 0 radical (unpaired) electrons. The number of carboxylic acids is 1. The number of rotatable bonds is 4. The standard InChI is InChI=1S/C13H13NO4S/c1-3-8-6-10(13(16)17)12(19-8)14-11(15)9-4-5-18-7(9)2/h4-6H,3H2,1-2H3,(H,14,15)(H,16,17). The van der Waals surface area contributed by atoms with Crippen LogP contribution in [-0.4, -0.2) is 17.0 Å². The van der Waals surface area contributed by atoms with Crippen LogP contribution in [0.4, 0.5) is 5.00 Å². The maximum atomic E-state index is 12.0. The number of furan rings is 1. The number of thiophene rings is 1. The summed E-state index contributed by atoms with van der Waals surface area (Å²) in [5, 5.41) is 12.1. The molecule has 2 aromatic heterocycles. The van der Waals surface area contributed by atoms with Gasteiger partial charge in [0.25, 0.3) is 5.91 Å². The number of nitrogens with one attached hydrogen (secondary N) is 1. The number of hydrogen-bond acceptors (Lipinski definition) is 4. The largest absolute Gasteiger partial charge is 0.478 e. The van der Waals surface area contributed by atoms with Crippen molar-refractivity contribution in [3.05, 3.63) is 40.2 Å². The quantitative estimate of drug-likeness (QED) is 0.901. The summed E-state index contributed by atoms with van der Waals surface area (Å²) in [6, 6.07) is 3.14. The Morgan fingerprint density at radius 1 is 1.42 bits per heavy atom. The minimum atomic E-state index is -1.05. The summed E-state index contributed by atoms with van der Waals surface area (Å²) in [4.78, 5) is 24.0. The van der Waals surface area contributed by atoms with Crippen molar-refractivity contribution in [2.24, 2.45) is 0 Å². The van der Waals surface area contributed by atoms with Crippen LogP contribution in [0.2, 0.25) is 0 Å². The number of aromatic carboxylic acids is 1. The summed E-state index contributed by atoms with van der Waals surface area (Å²) in [5.74, 6) is -0.907. The summed E-state index contributed by atoms with van der Waals surface area (Å²) in [7, 11) is 0. The van der Waals surface area contributed by atoms with E-state index in [1.165, 1.54) is 17.6 Å². The Kier molecular flexibility index (Phi) is 3.71. The van der Waals surface area contributed by atoms with Crippen molar-refractivity contribution < 1.29 is 19.1 Å². The average Bonchev–Trinajstić information content (AvgIpc) is 2.95. The average molecular weight is 279 g/mol. The van der Waals surface area contributed by atoms with Gasteiger partial charge in [0.05, 0.1) is 17.4 Å². The van der Waals surface area contributed by atoms with Crippen molar-refractivity contribution in [1.82, 2.24) is 0 Å². The molecule has 1 amide bonds. The van der Waals surface area contributed by atoms with Crippen molar-refractivity contribution >= 4 is 28.2 Å². The van der Waals surface area contributed by atoms with E-state index in [9.17, 15) is 9.59 Å². The molecule has 0 bridgehead atoms. The van der Waals surface area contributed by atoms with Gasteiger partial charge in [-0.05, 0) is 25.5 Å². The van der Waals surface area contributed by atoms with E-state index in [2.05, 4.69) is 5.32 Å². The van der Waals surface area contributed by atoms with Gasteiger partial charge >= 0.3 is 5.97 Å². The lowest BCUT2D eigenvalue weighted by molar-refractivity contribution is 0.0698. The fourth-order valence-electron chi connectivity index (χ4n) is 1.66. The number of hydrogen-bond donors (Lipinski definition) is 2. The second-order valence-electron chi connectivity index (χ2n) is 3.96. The maximum absolute atomic E-state index is 12.0. The number of carbonyl (C=O) groups is 2. The van der Waals surface area contributed by atoms with Crippen molar-refractivity contribution in [3.63, 3.8) is 0 Å². The molecule has 2 N–H and O–H groups in total. The number of anilines is 1. The molecule has 0 aliphatic heterocycles. The molecule has 0 aliphatic rings. The predicted octanol–water partition coefficient (Wildman–Crippen LogP) is 3.16. The van der Waals surface area contributed by atoms with E-state index >= 15 is 0 Å². The highest BCUT2D eigenvalue weighted by Crippen LogP contribution is 2.29. The molecule has 0 fully saturated rings. The zero-order valence-electron chi connectivity index (χ0n) is 10.5. The number of amides is 1. The summed E-state index contributed by atoms with van der Waals surface area (Å²) in [6.45, 7) is 3.61. The number of aryl methyl sites for hydroxylation is 2. The molecule has 100 valence electrons. The lowest BCUT2D eigenvalue weighted by atomic mass is 10.2. The fourth-order valence-corrected chi connectivity index (χ4v) is 2.64. The number of carbonyl (C=O) groups excluding carboxylic acids is 1. The predicted molar refractivity (Wildman–Crippen MR) is 72.1 cm³/mol. The molecule has 0 aliphatic carbocycles. The highest BCUT2D eigenvalue weighted by Gasteiger charge is 2.19. The van der Waals surface area contributed by atoms with Crippen LogP contribution in [0.3, 0.4) is 0 Å². The highest BCUT2D eigenvalue weighted by molar-refractivity contribution is 7.16. The van der Waals surface area contributed by atoms with Gasteiger partial charge in [0.15, 0.2) is 0 Å². The summed E-state index contributed by atoms with van der Waals surface area (Å²) < 4.78 is 5.05. The van der Waals surface area contributed by atoms with Gasteiger partial charge in [-0.15, -0.1) is 11.3 Å². The van der Waals surface area contributed by atoms with Crippen LogP contribution >= 0.6 is 11.3 Å². The molecule has 6 heteroatoms. The van der Waals surface area contributed by atoms with E-state index in [1.807, 2.05) is 6.92 Å². The second kappa shape index (κ2) is 5.27. The first kappa shape index (κ1) is 13.4. The van der Waals surface area contributed by atoms with Gasteiger partial charge in [0.2, 0.25) is 0 Å². The lowest BCUT2D eigenvalue weighted by Gasteiger charge is -2.02. The Labute approximate surface area is 113 Å². The topological polar surface area (TPSA) is 79.5 Å². The third-order valence-corrected chi connectivity index (χ3v) is 3.89. The van der Waals surface area contributed by atoms with Gasteiger partial charge in [0, 0.05) is 4.88 Å². The molecule has 2 rings (SSSR count). The Morgan fingerprint density at radius 2 is 2.16 bits per heavy atom. The zero-order chi connectivity index (χ0) is 14.0. The first-order valence-electron chi connectivity index (χ1n) is 5.74. The first-order chi connectivity index (χ1) is 9.02. The molecule has 0 saturated carbocycles. The number of carboxylic acid groups (broad SMARTS) is 1. The third kappa shape index (κ3) is 2.68. The van der Waals surface area contributed by atoms with Crippen molar-refractivity contribution in [3.8, 4) is 0 Å². The molecule has 0 aromatic carbocycles. The van der Waals surface area contributed by atoms with Crippen LogP contribution in [0.15, 0.2) is 22.8 Å². The van der Waals surface area contributed by atoms with Gasteiger partial charge in [-0.3, -0.25) is 4.79 Å². The van der Waals surface area contributed by atoms with Crippen LogP contribution < -0.4 is 5.32 Å². The van der Waals surface area contributed by atoms with E-state index in [4.69, 9.17) is 9.52 Å². The normalized spacial score (nSPS) is 10.4. The Hall–Kier alpha value is -2.08. The molecular weight excluding hydrogens is 266 g/mol. The Bertz CT molecular complexity index is 626. The van der Waals surface area contributed by atoms with Crippen LogP contribution in [-0.2, 0) is 6.42 Å². The minimum absolute atomic E-state index is 0.122. The third-order valence-electron chi connectivity index (χ3n) is 2.69. The van der Waals surface area contributed by atoms with Gasteiger partial charge in [-0.25, -0.2) is 4.79 Å². The van der Waals surface area contributed by atoms with Crippen LogP contribution in [0.5, 0.6) is 0 Å². The van der Waals surface area contributed by atoms with E-state index in [1.54, 1.807) is 19.1 Å². The molecule has 2 aromatic rings. The summed E-state index contributed by atoms with van der Waals surface area (Å²) in [5.41, 5.74) is 0.527. The summed E-state index contributed by atoms with van der Waals surface area (Å²) >= 11 is 1.28. The van der Waals surface area contributed by atoms with E-state index < -0.39 is 5.97 Å². The zero-order valence-corrected chi connectivity index (χ0v) is 11.3. The van der Waals surface area contributed by atoms with Crippen molar-refractivity contribution in [1.29, 1.82) is 0 Å². The van der Waals surface area contributed by atoms with E-state index in [0.29, 0.717) is 16.3 Å². The molecule has 19 heavy (non-hydrogen) atoms. The molecule has 5 nitrogen and oxygen atoms in total. The monoisotopic (exact) mass is 279 g/mol. The van der Waals surface area contributed by atoms with E-state index in [-0.39, 0.29) is 11.5 Å². The Morgan fingerprint density at radius 3 is 2.68 bits per heavy atom. The highest BCUT2D eigenvalue weighted by atomic mass is 32.1. The smallest absolute Gasteiger partial charge is 0.338 e. The lowest BCUT2D eigenvalue weighted by Crippen LogP contribution is -2.13. The maximum Gasteiger partial charge on any atom is 0.338 e. The molecular formula is C13H13NO4S. The van der Waals surface area contributed by atoms with Crippen LogP contribution in [0.25, 0.3) is 0 Å². The molecule has 0 spiro atoms. The van der Waals surface area contributed by atoms with Gasteiger partial charge in [0.1, 0.15) is 10.8 Å². The van der Waals surface area contributed by atoms with Crippen molar-refractivity contribution in [2.45, 2.75) is 20.3 Å². The van der Waals surface area contributed by atoms with Gasteiger partial charge in [-0.1, -0.05) is 6.92 Å². The van der Waals surface area contributed by atoms with Crippen LogP contribution in [0, 0.1) is 6.92 Å². The van der Waals surface area contributed by atoms with Gasteiger partial charge < -0.3 is 14.8 Å². The minimum Gasteiger partial charge on any atom is -0.478 e. The molecule has 2 heterocycles. The molecule has 0 saturated heterocycles.